The van der Waals surface area contributed by atoms with E-state index in [0.717, 1.165) is 41.2 Å². The SMILES string of the molecule is COc1cncc(-c2cc(C)c3c(n2)C(C)(C)N(c2cnn([C@@H]4CCOC4)c2)C3=O)c1. The van der Waals surface area contributed by atoms with Gasteiger partial charge in [0.2, 0.25) is 0 Å². The van der Waals surface area contributed by atoms with E-state index in [0.29, 0.717) is 17.9 Å². The lowest BCUT2D eigenvalue weighted by Crippen LogP contribution is -2.39. The third-order valence-corrected chi connectivity index (χ3v) is 6.14. The zero-order valence-electron chi connectivity index (χ0n) is 18.1. The van der Waals surface area contributed by atoms with E-state index in [-0.39, 0.29) is 11.9 Å². The van der Waals surface area contributed by atoms with Crippen LogP contribution in [0, 0.1) is 6.92 Å². The summed E-state index contributed by atoms with van der Waals surface area (Å²) in [5.41, 5.74) is 4.06. The molecule has 0 aliphatic carbocycles. The molecule has 1 fully saturated rings. The molecule has 0 bridgehead atoms. The Hall–Kier alpha value is -3.26. The maximum Gasteiger partial charge on any atom is 0.261 e. The van der Waals surface area contributed by atoms with Gasteiger partial charge in [0.05, 0.1) is 60.3 Å². The third kappa shape index (κ3) is 3.09. The Labute approximate surface area is 180 Å². The minimum absolute atomic E-state index is 0.0532. The van der Waals surface area contributed by atoms with Gasteiger partial charge in [-0.1, -0.05) is 0 Å². The number of anilines is 1. The molecule has 31 heavy (non-hydrogen) atoms. The fourth-order valence-corrected chi connectivity index (χ4v) is 4.49. The van der Waals surface area contributed by atoms with Gasteiger partial charge in [0.25, 0.3) is 5.91 Å². The lowest BCUT2D eigenvalue weighted by atomic mass is 9.96. The van der Waals surface area contributed by atoms with E-state index in [9.17, 15) is 4.79 Å². The fraction of sp³-hybridized carbons (Fsp3) is 0.391. The van der Waals surface area contributed by atoms with Crippen molar-refractivity contribution in [2.75, 3.05) is 25.2 Å². The summed E-state index contributed by atoms with van der Waals surface area (Å²) in [5.74, 6) is 0.611. The van der Waals surface area contributed by atoms with Crippen LogP contribution in [0.4, 0.5) is 5.69 Å². The molecule has 1 amide bonds. The minimum atomic E-state index is -0.625. The number of hydrogen-bond donors (Lipinski definition) is 0. The molecule has 0 aromatic carbocycles. The van der Waals surface area contributed by atoms with Crippen molar-refractivity contribution in [1.29, 1.82) is 0 Å². The molecule has 2 aliphatic heterocycles. The Morgan fingerprint density at radius 3 is 2.81 bits per heavy atom. The number of pyridine rings is 2. The highest BCUT2D eigenvalue weighted by molar-refractivity contribution is 6.12. The molecule has 160 valence electrons. The number of rotatable bonds is 4. The van der Waals surface area contributed by atoms with Gasteiger partial charge >= 0.3 is 0 Å². The number of hydrogen-bond acceptors (Lipinski definition) is 6. The van der Waals surface area contributed by atoms with Gasteiger partial charge in [-0.05, 0) is 44.9 Å². The van der Waals surface area contributed by atoms with Gasteiger partial charge in [0.15, 0.2) is 0 Å². The Balaban J connectivity index is 1.56. The minimum Gasteiger partial charge on any atom is -0.495 e. The number of methoxy groups -OCH3 is 1. The molecule has 5 heterocycles. The Bertz CT molecular complexity index is 1160. The summed E-state index contributed by atoms with van der Waals surface area (Å²) in [4.78, 5) is 24.5. The number of ether oxygens (including phenoxy) is 2. The zero-order chi connectivity index (χ0) is 21.8. The Morgan fingerprint density at radius 2 is 2.06 bits per heavy atom. The first kappa shape index (κ1) is 19.7. The molecule has 0 radical (unpaired) electrons. The molecule has 8 nitrogen and oxygen atoms in total. The molecule has 0 spiro atoms. The molecule has 0 saturated carbocycles. The standard InChI is InChI=1S/C23H25N5O3/c1-14-7-19(15-8-18(30-4)11-24-9-15)26-21-20(14)22(29)28(23(21,2)3)17-10-25-27(12-17)16-5-6-31-13-16/h7-12,16H,5-6,13H2,1-4H3/t16-/m1/s1. The van der Waals surface area contributed by atoms with E-state index < -0.39 is 5.54 Å². The van der Waals surface area contributed by atoms with Gasteiger partial charge in [0, 0.05) is 24.6 Å². The highest BCUT2D eigenvalue weighted by Crippen LogP contribution is 2.43. The van der Waals surface area contributed by atoms with E-state index in [1.807, 2.05) is 43.8 Å². The van der Waals surface area contributed by atoms with Crippen LogP contribution in [0.5, 0.6) is 5.75 Å². The number of carbonyl (C=O) groups excluding carboxylic acids is 1. The highest BCUT2D eigenvalue weighted by atomic mass is 16.5. The van der Waals surface area contributed by atoms with Crippen LogP contribution in [0.3, 0.4) is 0 Å². The highest BCUT2D eigenvalue weighted by Gasteiger charge is 2.47. The van der Waals surface area contributed by atoms with E-state index in [1.54, 1.807) is 30.6 Å². The maximum absolute atomic E-state index is 13.5. The van der Waals surface area contributed by atoms with Gasteiger partial charge in [-0.15, -0.1) is 0 Å². The van der Waals surface area contributed by atoms with Gasteiger partial charge in [-0.3, -0.25) is 19.4 Å². The van der Waals surface area contributed by atoms with Crippen molar-refractivity contribution in [3.05, 3.63) is 53.7 Å². The predicted octanol–water partition coefficient (Wildman–Crippen LogP) is 3.51. The Morgan fingerprint density at radius 1 is 1.23 bits per heavy atom. The lowest BCUT2D eigenvalue weighted by molar-refractivity contribution is 0.0981. The van der Waals surface area contributed by atoms with Crippen LogP contribution in [0.2, 0.25) is 0 Å². The molecule has 0 N–H and O–H groups in total. The van der Waals surface area contributed by atoms with Gasteiger partial charge in [0.1, 0.15) is 5.75 Å². The van der Waals surface area contributed by atoms with E-state index >= 15 is 0 Å². The number of aryl methyl sites for hydroxylation is 1. The molecular formula is C23H25N5O3. The van der Waals surface area contributed by atoms with Crippen LogP contribution < -0.4 is 9.64 Å². The molecule has 0 unspecified atom stereocenters. The van der Waals surface area contributed by atoms with Crippen molar-refractivity contribution in [1.82, 2.24) is 19.7 Å². The molecule has 1 atom stereocenters. The number of nitrogens with zero attached hydrogens (tertiary/aromatic N) is 5. The summed E-state index contributed by atoms with van der Waals surface area (Å²) < 4.78 is 12.7. The Kier molecular flexibility index (Phi) is 4.55. The van der Waals surface area contributed by atoms with E-state index in [2.05, 4.69) is 10.1 Å². The maximum atomic E-state index is 13.5. The van der Waals surface area contributed by atoms with Crippen LogP contribution in [0.15, 0.2) is 36.9 Å². The summed E-state index contributed by atoms with van der Waals surface area (Å²) in [7, 11) is 1.61. The smallest absolute Gasteiger partial charge is 0.261 e. The van der Waals surface area contributed by atoms with E-state index in [4.69, 9.17) is 14.5 Å². The average Bonchev–Trinajstić information content (AvgIpc) is 3.48. The second-order valence-electron chi connectivity index (χ2n) is 8.56. The number of fused-ring (bicyclic) bond motifs is 1. The zero-order valence-corrected chi connectivity index (χ0v) is 18.1. The van der Waals surface area contributed by atoms with Crippen molar-refractivity contribution < 1.29 is 14.3 Å². The van der Waals surface area contributed by atoms with Crippen molar-refractivity contribution in [3.63, 3.8) is 0 Å². The summed E-state index contributed by atoms with van der Waals surface area (Å²) in [5, 5.41) is 4.51. The van der Waals surface area contributed by atoms with Crippen molar-refractivity contribution >= 4 is 11.6 Å². The van der Waals surface area contributed by atoms with Gasteiger partial charge in [-0.25, -0.2) is 4.98 Å². The lowest BCUT2D eigenvalue weighted by Gasteiger charge is -2.30. The number of aromatic nitrogens is 4. The molecule has 3 aromatic rings. The first-order valence-corrected chi connectivity index (χ1v) is 10.4. The number of carbonyl (C=O) groups is 1. The molecule has 2 aliphatic rings. The molecule has 5 rings (SSSR count). The monoisotopic (exact) mass is 419 g/mol. The van der Waals surface area contributed by atoms with Crippen LogP contribution >= 0.6 is 0 Å². The van der Waals surface area contributed by atoms with Crippen molar-refractivity contribution in [3.8, 4) is 17.0 Å². The molecule has 8 heteroatoms. The molecular weight excluding hydrogens is 394 g/mol. The van der Waals surface area contributed by atoms with Gasteiger partial charge in [-0.2, -0.15) is 5.10 Å². The first-order valence-electron chi connectivity index (χ1n) is 10.4. The average molecular weight is 419 g/mol. The van der Waals surface area contributed by atoms with Crippen LogP contribution in [0.25, 0.3) is 11.3 Å². The van der Waals surface area contributed by atoms with Crippen molar-refractivity contribution in [2.45, 2.75) is 38.8 Å². The molecule has 1 saturated heterocycles. The van der Waals surface area contributed by atoms with Crippen LogP contribution in [-0.2, 0) is 10.3 Å². The molecule has 3 aromatic heterocycles. The quantitative estimate of drug-likeness (QED) is 0.644. The fourth-order valence-electron chi connectivity index (χ4n) is 4.49. The summed E-state index contributed by atoms with van der Waals surface area (Å²) >= 11 is 0. The summed E-state index contributed by atoms with van der Waals surface area (Å²) in [6.45, 7) is 7.38. The van der Waals surface area contributed by atoms with Crippen molar-refractivity contribution in [2.24, 2.45) is 0 Å². The van der Waals surface area contributed by atoms with E-state index in [1.165, 1.54) is 0 Å². The van der Waals surface area contributed by atoms with Crippen LogP contribution in [-0.4, -0.2) is 46.0 Å². The summed E-state index contributed by atoms with van der Waals surface area (Å²) in [6.07, 6.45) is 8.04. The first-order chi connectivity index (χ1) is 14.9. The second kappa shape index (κ2) is 7.16. The van der Waals surface area contributed by atoms with Gasteiger partial charge < -0.3 is 9.47 Å². The predicted molar refractivity (Wildman–Crippen MR) is 115 cm³/mol. The number of amides is 1. The van der Waals surface area contributed by atoms with Crippen LogP contribution in [0.1, 0.15) is 47.9 Å². The largest absolute Gasteiger partial charge is 0.495 e. The third-order valence-electron chi connectivity index (χ3n) is 6.14. The topological polar surface area (TPSA) is 82.4 Å². The summed E-state index contributed by atoms with van der Waals surface area (Å²) in [6, 6.07) is 4.05. The second-order valence-corrected chi connectivity index (χ2v) is 8.56. The normalized spacial score (nSPS) is 19.7.